The van der Waals surface area contributed by atoms with Crippen LogP contribution >= 0.6 is 0 Å². The molecular weight excluding hydrogens is 532 g/mol. The number of esters is 1. The summed E-state index contributed by atoms with van der Waals surface area (Å²) in [4.78, 5) is 23.3. The molecule has 0 rings (SSSR count). The second kappa shape index (κ2) is 35.2. The summed E-state index contributed by atoms with van der Waals surface area (Å²) in [6.07, 6.45) is 42.2. The number of carbonyl (C=O) groups excluding carboxylic acids is 1. The van der Waals surface area contributed by atoms with Gasteiger partial charge in [-0.15, -0.1) is 0 Å². The highest BCUT2D eigenvalue weighted by molar-refractivity contribution is 5.69. The Kier molecular flexibility index (Phi) is 34.1. The molecule has 4 heteroatoms. The summed E-state index contributed by atoms with van der Waals surface area (Å²) < 4.78 is 5.99. The van der Waals surface area contributed by atoms with E-state index in [0.717, 1.165) is 64.2 Å². The summed E-state index contributed by atoms with van der Waals surface area (Å²) in [7, 11) is 0. The summed E-state index contributed by atoms with van der Waals surface area (Å²) in [6, 6.07) is 0. The molecule has 0 aromatic heterocycles. The second-order valence-corrected chi connectivity index (χ2v) is 13.1. The zero-order valence-electron chi connectivity index (χ0n) is 29.0. The number of carboxylic acids is 1. The van der Waals surface area contributed by atoms with Crippen LogP contribution in [0, 0.1) is 0 Å². The van der Waals surface area contributed by atoms with Crippen molar-refractivity contribution in [2.75, 3.05) is 0 Å². The Hall–Kier alpha value is -1.32. The summed E-state index contributed by atoms with van der Waals surface area (Å²) in [5.41, 5.74) is 0. The highest BCUT2D eigenvalue weighted by Crippen LogP contribution is 2.19. The van der Waals surface area contributed by atoms with Crippen LogP contribution in [0.25, 0.3) is 0 Å². The predicted octanol–water partition coefficient (Wildman–Crippen LogP) is 13.1. The van der Waals surface area contributed by atoms with Crippen molar-refractivity contribution in [2.24, 2.45) is 0 Å². The third-order valence-electron chi connectivity index (χ3n) is 8.74. The molecule has 0 aliphatic heterocycles. The third-order valence-corrected chi connectivity index (χ3v) is 8.74. The van der Waals surface area contributed by atoms with Crippen molar-refractivity contribution in [2.45, 2.75) is 225 Å². The monoisotopic (exact) mass is 607 g/mol. The van der Waals surface area contributed by atoms with Crippen LogP contribution in [0.4, 0.5) is 0 Å². The zero-order chi connectivity index (χ0) is 31.5. The maximum absolute atomic E-state index is 12.6. The van der Waals surface area contributed by atoms with Crippen molar-refractivity contribution in [3.05, 3.63) is 12.2 Å². The van der Waals surface area contributed by atoms with Gasteiger partial charge in [0.15, 0.2) is 0 Å². The highest BCUT2D eigenvalue weighted by atomic mass is 16.5. The van der Waals surface area contributed by atoms with Gasteiger partial charge in [0.2, 0.25) is 0 Å². The topological polar surface area (TPSA) is 63.6 Å². The van der Waals surface area contributed by atoms with Crippen molar-refractivity contribution < 1.29 is 19.4 Å². The minimum Gasteiger partial charge on any atom is -0.481 e. The molecule has 0 saturated carbocycles. The molecule has 0 aromatic rings. The van der Waals surface area contributed by atoms with Gasteiger partial charge in [-0.2, -0.15) is 0 Å². The maximum Gasteiger partial charge on any atom is 0.306 e. The second-order valence-electron chi connectivity index (χ2n) is 13.1. The average molecular weight is 607 g/mol. The normalized spacial score (nSPS) is 12.2. The molecule has 1 atom stereocenters. The van der Waals surface area contributed by atoms with Gasteiger partial charge in [0.1, 0.15) is 6.10 Å². The minimum atomic E-state index is -0.699. The number of hydrogen-bond acceptors (Lipinski definition) is 3. The lowest BCUT2D eigenvalue weighted by atomic mass is 10.0. The molecule has 0 radical (unpaired) electrons. The lowest BCUT2D eigenvalue weighted by Crippen LogP contribution is -2.18. The van der Waals surface area contributed by atoms with E-state index >= 15 is 0 Å². The van der Waals surface area contributed by atoms with Crippen molar-refractivity contribution in [3.63, 3.8) is 0 Å². The summed E-state index contributed by atoms with van der Waals surface area (Å²) in [6.45, 7) is 4.54. The molecule has 0 heterocycles. The first kappa shape index (κ1) is 41.7. The number of unbranched alkanes of at least 4 members (excludes halogenated alkanes) is 24. The van der Waals surface area contributed by atoms with Crippen LogP contribution in [0.15, 0.2) is 12.2 Å². The van der Waals surface area contributed by atoms with Gasteiger partial charge in [0, 0.05) is 12.8 Å². The number of hydrogen-bond donors (Lipinski definition) is 1. The van der Waals surface area contributed by atoms with E-state index in [9.17, 15) is 9.59 Å². The maximum atomic E-state index is 12.6. The van der Waals surface area contributed by atoms with Gasteiger partial charge in [-0.25, -0.2) is 0 Å². The van der Waals surface area contributed by atoms with E-state index < -0.39 is 5.97 Å². The molecule has 0 bridgehead atoms. The molecule has 43 heavy (non-hydrogen) atoms. The van der Waals surface area contributed by atoms with Gasteiger partial charge < -0.3 is 9.84 Å². The Labute approximate surface area is 268 Å². The zero-order valence-corrected chi connectivity index (χ0v) is 29.0. The van der Waals surface area contributed by atoms with Gasteiger partial charge in [0.05, 0.1) is 0 Å². The van der Waals surface area contributed by atoms with E-state index in [1.807, 2.05) is 0 Å². The van der Waals surface area contributed by atoms with Gasteiger partial charge in [-0.3, -0.25) is 9.59 Å². The van der Waals surface area contributed by atoms with E-state index in [1.54, 1.807) is 0 Å². The van der Waals surface area contributed by atoms with Crippen molar-refractivity contribution >= 4 is 11.9 Å². The fourth-order valence-corrected chi connectivity index (χ4v) is 5.89. The van der Waals surface area contributed by atoms with Crippen LogP contribution < -0.4 is 0 Å². The van der Waals surface area contributed by atoms with E-state index in [-0.39, 0.29) is 18.5 Å². The molecule has 0 aromatic carbocycles. The van der Waals surface area contributed by atoms with Crippen LogP contribution in [-0.4, -0.2) is 23.1 Å². The molecule has 0 amide bonds. The number of carboxylic acid groups (broad SMARTS) is 1. The Morgan fingerprint density at radius 2 is 0.837 bits per heavy atom. The highest BCUT2D eigenvalue weighted by Gasteiger charge is 2.14. The molecule has 1 unspecified atom stereocenters. The number of rotatable bonds is 35. The molecule has 0 saturated heterocycles. The minimum absolute atomic E-state index is 0.00129. The van der Waals surface area contributed by atoms with Crippen LogP contribution in [0.3, 0.4) is 0 Å². The van der Waals surface area contributed by atoms with E-state index in [2.05, 4.69) is 26.0 Å². The van der Waals surface area contributed by atoms with Gasteiger partial charge in [-0.05, 0) is 64.2 Å². The molecule has 0 aliphatic rings. The SMILES string of the molecule is CCCCCC/C=C\CCCCCCCCC(=O)OC(CCCCCCCCCCCCC)CCCCCCCC(=O)O. The molecule has 0 fully saturated rings. The van der Waals surface area contributed by atoms with Crippen molar-refractivity contribution in [1.82, 2.24) is 0 Å². The Morgan fingerprint density at radius 3 is 1.28 bits per heavy atom. The summed E-state index contributed by atoms with van der Waals surface area (Å²) >= 11 is 0. The lowest BCUT2D eigenvalue weighted by Gasteiger charge is -2.18. The van der Waals surface area contributed by atoms with Crippen LogP contribution in [0.1, 0.15) is 219 Å². The third kappa shape index (κ3) is 35.0. The number of aliphatic carboxylic acids is 1. The Morgan fingerprint density at radius 1 is 0.488 bits per heavy atom. The van der Waals surface area contributed by atoms with Crippen molar-refractivity contribution in [3.8, 4) is 0 Å². The number of allylic oxidation sites excluding steroid dienone is 2. The predicted molar refractivity (Wildman–Crippen MR) is 186 cm³/mol. The first-order valence-electron chi connectivity index (χ1n) is 19.2. The van der Waals surface area contributed by atoms with E-state index in [4.69, 9.17) is 9.84 Å². The first-order valence-corrected chi connectivity index (χ1v) is 19.2. The molecule has 0 aliphatic carbocycles. The van der Waals surface area contributed by atoms with E-state index in [0.29, 0.717) is 6.42 Å². The quantitative estimate of drug-likeness (QED) is 0.0443. The average Bonchev–Trinajstić information content (AvgIpc) is 2.99. The van der Waals surface area contributed by atoms with Crippen LogP contribution in [-0.2, 0) is 14.3 Å². The number of carbonyl (C=O) groups is 2. The summed E-state index contributed by atoms with van der Waals surface area (Å²) in [5, 5.41) is 8.80. The van der Waals surface area contributed by atoms with Crippen molar-refractivity contribution in [1.29, 1.82) is 0 Å². The largest absolute Gasteiger partial charge is 0.481 e. The number of ether oxygens (including phenoxy) is 1. The lowest BCUT2D eigenvalue weighted by molar-refractivity contribution is -0.150. The molecule has 1 N–H and O–H groups in total. The van der Waals surface area contributed by atoms with Gasteiger partial charge >= 0.3 is 11.9 Å². The summed E-state index contributed by atoms with van der Waals surface area (Å²) in [5.74, 6) is -0.700. The first-order chi connectivity index (χ1) is 21.1. The molecular formula is C39H74O4. The molecule has 4 nitrogen and oxygen atoms in total. The standard InChI is InChI=1S/C39H74O4/c1-3-5-7-9-11-13-15-16-17-19-21-23-28-32-36-39(42)43-37(34-30-26-24-27-31-35-38(40)41)33-29-25-22-20-18-14-12-10-8-6-4-2/h13,15,37H,3-12,14,16-36H2,1-2H3,(H,40,41)/b15-13-. The van der Waals surface area contributed by atoms with Crippen LogP contribution in [0.5, 0.6) is 0 Å². The fourth-order valence-electron chi connectivity index (χ4n) is 5.89. The molecule has 254 valence electrons. The fraction of sp³-hybridized carbons (Fsp3) is 0.897. The van der Waals surface area contributed by atoms with Crippen LogP contribution in [0.2, 0.25) is 0 Å². The van der Waals surface area contributed by atoms with Gasteiger partial charge in [0.25, 0.3) is 0 Å². The van der Waals surface area contributed by atoms with Gasteiger partial charge in [-0.1, -0.05) is 154 Å². The van der Waals surface area contributed by atoms with E-state index in [1.165, 1.54) is 128 Å². The molecule has 0 spiro atoms. The Bertz CT molecular complexity index is 614. The Balaban J connectivity index is 4.02. The smallest absolute Gasteiger partial charge is 0.306 e.